The van der Waals surface area contributed by atoms with Crippen LogP contribution in [0.4, 0.5) is 5.69 Å². The number of nitrogens with zero attached hydrogens (tertiary/aromatic N) is 1. The third kappa shape index (κ3) is 3.84. The van der Waals surface area contributed by atoms with Gasteiger partial charge < -0.3 is 10.1 Å². The molecule has 1 spiro atoms. The molecule has 2 aromatic carbocycles. The number of hydrogen-bond donors (Lipinski definition) is 1. The Morgan fingerprint density at radius 2 is 1.97 bits per heavy atom. The molecule has 1 N–H and O–H groups in total. The lowest BCUT2D eigenvalue weighted by Gasteiger charge is -2.47. The molecule has 3 unspecified atom stereocenters. The molecular weight excluding hydrogens is 420 g/mol. The highest BCUT2D eigenvalue weighted by Crippen LogP contribution is 2.57. The molecule has 4 nitrogen and oxygen atoms in total. The summed E-state index contributed by atoms with van der Waals surface area (Å²) in [6.45, 7) is 2.85. The van der Waals surface area contributed by atoms with E-state index in [4.69, 9.17) is 4.74 Å². The molecule has 2 fully saturated rings. The Morgan fingerprint density at radius 3 is 2.76 bits per heavy atom. The number of ether oxygens (including phenoxy) is 1. The normalized spacial score (nSPS) is 27.4. The molecule has 2 aliphatic carbocycles. The van der Waals surface area contributed by atoms with E-state index in [0.717, 1.165) is 55.7 Å². The fraction of sp³-hybridized carbons (Fsp3) is 0.400. The van der Waals surface area contributed by atoms with E-state index in [1.54, 1.807) is 6.20 Å². The summed E-state index contributed by atoms with van der Waals surface area (Å²) in [5.41, 5.74) is 6.80. The molecule has 3 aromatic rings. The van der Waals surface area contributed by atoms with Crippen LogP contribution in [0.25, 0.3) is 0 Å². The quantitative estimate of drug-likeness (QED) is 0.492. The first-order valence-electron chi connectivity index (χ1n) is 12.6. The van der Waals surface area contributed by atoms with Crippen LogP contribution in [0.2, 0.25) is 0 Å². The van der Waals surface area contributed by atoms with Crippen molar-refractivity contribution in [3.8, 4) is 0 Å². The van der Waals surface area contributed by atoms with Gasteiger partial charge in [-0.05, 0) is 98.7 Å². The Labute approximate surface area is 201 Å². The van der Waals surface area contributed by atoms with Gasteiger partial charge >= 0.3 is 0 Å². The van der Waals surface area contributed by atoms with Crippen molar-refractivity contribution in [1.29, 1.82) is 0 Å². The molecule has 174 valence electrons. The highest BCUT2D eigenvalue weighted by molar-refractivity contribution is 6.04. The van der Waals surface area contributed by atoms with Crippen molar-refractivity contribution < 1.29 is 9.53 Å². The molecule has 1 aliphatic heterocycles. The summed E-state index contributed by atoms with van der Waals surface area (Å²) in [5, 5.41) is 3.06. The van der Waals surface area contributed by atoms with E-state index in [-0.39, 0.29) is 16.9 Å². The summed E-state index contributed by atoms with van der Waals surface area (Å²) in [7, 11) is 0. The maximum atomic E-state index is 13.1. The van der Waals surface area contributed by atoms with Gasteiger partial charge in [0.25, 0.3) is 5.91 Å². The maximum Gasteiger partial charge on any atom is 0.255 e. The van der Waals surface area contributed by atoms with Crippen molar-refractivity contribution in [2.45, 2.75) is 62.9 Å². The molecule has 2 heterocycles. The Morgan fingerprint density at radius 1 is 1.12 bits per heavy atom. The van der Waals surface area contributed by atoms with Crippen LogP contribution in [-0.2, 0) is 23.0 Å². The fourth-order valence-electron chi connectivity index (χ4n) is 6.56. The van der Waals surface area contributed by atoms with Crippen LogP contribution in [0.3, 0.4) is 0 Å². The minimum atomic E-state index is -0.0641. The van der Waals surface area contributed by atoms with E-state index in [0.29, 0.717) is 5.92 Å². The Hall–Kier alpha value is -2.98. The van der Waals surface area contributed by atoms with Crippen LogP contribution >= 0.6 is 0 Å². The van der Waals surface area contributed by atoms with Crippen molar-refractivity contribution in [3.05, 3.63) is 94.8 Å². The molecule has 3 aliphatic rings. The van der Waals surface area contributed by atoms with Crippen LogP contribution < -0.4 is 5.32 Å². The van der Waals surface area contributed by atoms with Gasteiger partial charge in [0.2, 0.25) is 0 Å². The zero-order valence-corrected chi connectivity index (χ0v) is 19.8. The molecule has 0 radical (unpaired) electrons. The predicted octanol–water partition coefficient (Wildman–Crippen LogP) is 6.03. The van der Waals surface area contributed by atoms with Gasteiger partial charge in [0.15, 0.2) is 0 Å². The number of hydrogen-bond acceptors (Lipinski definition) is 3. The number of pyridine rings is 1. The van der Waals surface area contributed by atoms with E-state index in [2.05, 4.69) is 52.8 Å². The zero-order chi connectivity index (χ0) is 23.2. The van der Waals surface area contributed by atoms with E-state index < -0.39 is 0 Å². The number of anilines is 1. The van der Waals surface area contributed by atoms with Crippen molar-refractivity contribution in [3.63, 3.8) is 0 Å². The minimum absolute atomic E-state index is 0.0641. The number of fused-ring (bicyclic) bond motifs is 3. The first kappa shape index (κ1) is 21.5. The van der Waals surface area contributed by atoms with E-state index in [1.807, 2.05) is 25.1 Å². The van der Waals surface area contributed by atoms with Gasteiger partial charge in [-0.25, -0.2) is 0 Å². The Kier molecular flexibility index (Phi) is 5.29. The van der Waals surface area contributed by atoms with Crippen LogP contribution in [0, 0.1) is 12.8 Å². The largest absolute Gasteiger partial charge is 0.370 e. The summed E-state index contributed by atoms with van der Waals surface area (Å²) in [6.07, 6.45) is 9.68. The number of rotatable bonds is 4. The molecule has 0 bridgehead atoms. The van der Waals surface area contributed by atoms with Gasteiger partial charge in [-0.3, -0.25) is 9.78 Å². The first-order chi connectivity index (χ1) is 16.6. The molecule has 1 saturated heterocycles. The van der Waals surface area contributed by atoms with Gasteiger partial charge in [0.05, 0.1) is 23.6 Å². The third-order valence-corrected chi connectivity index (χ3v) is 8.50. The van der Waals surface area contributed by atoms with Gasteiger partial charge in [-0.1, -0.05) is 36.4 Å². The second-order valence-electron chi connectivity index (χ2n) is 10.5. The number of epoxide rings is 1. The SMILES string of the molecule is Cc1ncccc1NC(=O)c1ccc2c(c1)CCCC1CC3(CCC21Cc1ccccc1)CO3. The standard InChI is InChI=1S/C30H32N2O2/c1-21-27(11-6-16-31-21)32-28(33)24-12-13-26-23(17-24)9-5-10-25-19-29(20-34-29)14-15-30(25,26)18-22-7-3-2-4-8-22/h2-4,6-8,11-13,16-17,25H,5,9-10,14-15,18-20H2,1H3,(H,32,33). The number of carbonyl (C=O) groups excluding carboxylic acids is 1. The minimum Gasteiger partial charge on any atom is -0.370 e. The van der Waals surface area contributed by atoms with Gasteiger partial charge in [-0.15, -0.1) is 0 Å². The number of nitrogens with one attached hydrogen (secondary N) is 1. The maximum absolute atomic E-state index is 13.1. The van der Waals surface area contributed by atoms with E-state index in [9.17, 15) is 4.79 Å². The van der Waals surface area contributed by atoms with Crippen molar-refractivity contribution in [1.82, 2.24) is 4.98 Å². The smallest absolute Gasteiger partial charge is 0.255 e. The van der Waals surface area contributed by atoms with Crippen LogP contribution in [0.5, 0.6) is 0 Å². The second-order valence-corrected chi connectivity index (χ2v) is 10.5. The number of amides is 1. The molecule has 1 saturated carbocycles. The van der Waals surface area contributed by atoms with E-state index >= 15 is 0 Å². The van der Waals surface area contributed by atoms with Crippen molar-refractivity contribution in [2.75, 3.05) is 11.9 Å². The third-order valence-electron chi connectivity index (χ3n) is 8.50. The number of carbonyl (C=O) groups is 1. The average Bonchev–Trinajstić information content (AvgIpc) is 3.63. The average molecular weight is 453 g/mol. The van der Waals surface area contributed by atoms with Gasteiger partial charge in [0, 0.05) is 17.2 Å². The lowest BCUT2D eigenvalue weighted by Crippen LogP contribution is -2.45. The molecular formula is C30H32N2O2. The molecule has 3 atom stereocenters. The number of aromatic nitrogens is 1. The van der Waals surface area contributed by atoms with Crippen molar-refractivity contribution >= 4 is 11.6 Å². The predicted molar refractivity (Wildman–Crippen MR) is 134 cm³/mol. The Balaban J connectivity index is 1.37. The second kappa shape index (κ2) is 8.35. The number of aryl methyl sites for hydroxylation is 2. The van der Waals surface area contributed by atoms with Gasteiger partial charge in [0.1, 0.15) is 0 Å². The lowest BCUT2D eigenvalue weighted by atomic mass is 9.57. The lowest BCUT2D eigenvalue weighted by molar-refractivity contribution is 0.0995. The zero-order valence-electron chi connectivity index (χ0n) is 19.8. The monoisotopic (exact) mass is 452 g/mol. The molecule has 34 heavy (non-hydrogen) atoms. The van der Waals surface area contributed by atoms with E-state index in [1.165, 1.54) is 29.5 Å². The molecule has 1 aromatic heterocycles. The van der Waals surface area contributed by atoms with Crippen molar-refractivity contribution in [2.24, 2.45) is 5.92 Å². The topological polar surface area (TPSA) is 54.5 Å². The fourth-order valence-corrected chi connectivity index (χ4v) is 6.56. The highest BCUT2D eigenvalue weighted by atomic mass is 16.6. The molecule has 4 heteroatoms. The summed E-state index contributed by atoms with van der Waals surface area (Å²) < 4.78 is 5.97. The number of benzene rings is 2. The highest BCUT2D eigenvalue weighted by Gasteiger charge is 2.56. The van der Waals surface area contributed by atoms with Crippen LogP contribution in [0.15, 0.2) is 66.9 Å². The molecule has 6 rings (SSSR count). The Bertz CT molecular complexity index is 1220. The van der Waals surface area contributed by atoms with Crippen LogP contribution in [-0.4, -0.2) is 23.1 Å². The van der Waals surface area contributed by atoms with Gasteiger partial charge in [-0.2, -0.15) is 0 Å². The summed E-state index contributed by atoms with van der Waals surface area (Å²) >= 11 is 0. The summed E-state index contributed by atoms with van der Waals surface area (Å²) in [5.74, 6) is 0.550. The summed E-state index contributed by atoms with van der Waals surface area (Å²) in [6, 6.07) is 21.2. The van der Waals surface area contributed by atoms with Crippen LogP contribution in [0.1, 0.15) is 64.8 Å². The summed E-state index contributed by atoms with van der Waals surface area (Å²) in [4.78, 5) is 17.4. The molecule has 1 amide bonds. The first-order valence-corrected chi connectivity index (χ1v) is 12.6.